The molecule has 0 atom stereocenters. The number of esters is 1. The topological polar surface area (TPSA) is 99.0 Å². The van der Waals surface area contributed by atoms with E-state index >= 15 is 0 Å². The number of nitro groups is 1. The highest BCUT2D eigenvalue weighted by molar-refractivity contribution is 6.30. The summed E-state index contributed by atoms with van der Waals surface area (Å²) in [4.78, 5) is 35.6. The zero-order valence-electron chi connectivity index (χ0n) is 14.2. The molecule has 0 spiro atoms. The second-order valence-electron chi connectivity index (χ2n) is 5.16. The van der Waals surface area contributed by atoms with Gasteiger partial charge in [0.1, 0.15) is 6.54 Å². The molecule has 0 heterocycles. The second-order valence-corrected chi connectivity index (χ2v) is 5.60. The maximum atomic E-state index is 12.2. The van der Waals surface area contributed by atoms with E-state index in [1.807, 2.05) is 6.92 Å². The first-order chi connectivity index (χ1) is 11.9. The number of rotatable bonds is 9. The van der Waals surface area contributed by atoms with Crippen LogP contribution in [0.1, 0.15) is 32.3 Å². The van der Waals surface area contributed by atoms with Crippen molar-refractivity contribution in [2.24, 2.45) is 0 Å². The zero-order chi connectivity index (χ0) is 18.8. The number of benzene rings is 1. The number of amides is 1. The third-order valence-electron chi connectivity index (χ3n) is 3.21. The molecule has 0 aromatic heterocycles. The molecule has 0 saturated heterocycles. The highest BCUT2D eigenvalue weighted by atomic mass is 35.5. The molecule has 138 valence electrons. The molecule has 0 aliphatic carbocycles. The highest BCUT2D eigenvalue weighted by Gasteiger charge is 2.24. The molecule has 1 rings (SSSR count). The van der Waals surface area contributed by atoms with Crippen LogP contribution < -0.4 is 0 Å². The molecule has 0 bridgehead atoms. The van der Waals surface area contributed by atoms with Gasteiger partial charge in [0.2, 0.25) is 0 Å². The van der Waals surface area contributed by atoms with Gasteiger partial charge in [-0.15, -0.1) is 0 Å². The van der Waals surface area contributed by atoms with Gasteiger partial charge in [0, 0.05) is 11.1 Å². The van der Waals surface area contributed by atoms with Crippen LogP contribution in [0.25, 0.3) is 0 Å². The van der Waals surface area contributed by atoms with Crippen molar-refractivity contribution < 1.29 is 24.0 Å². The SMILES string of the molecule is CCCCOC(=O)N(CC(=O)OCC)Cc1cc(Cl)ccc1[N+](=O)[O-]. The number of hydrogen-bond acceptors (Lipinski definition) is 6. The average Bonchev–Trinajstić information content (AvgIpc) is 2.54. The highest BCUT2D eigenvalue weighted by Crippen LogP contribution is 2.24. The number of carbonyl (C=O) groups is 2. The number of carbonyl (C=O) groups excluding carboxylic acids is 2. The van der Waals surface area contributed by atoms with Crippen molar-refractivity contribution in [1.82, 2.24) is 4.90 Å². The summed E-state index contributed by atoms with van der Waals surface area (Å²) in [6.45, 7) is 3.38. The van der Waals surface area contributed by atoms with E-state index in [2.05, 4.69) is 0 Å². The molecule has 1 aromatic carbocycles. The normalized spacial score (nSPS) is 10.2. The maximum Gasteiger partial charge on any atom is 0.410 e. The summed E-state index contributed by atoms with van der Waals surface area (Å²) in [5.74, 6) is -0.625. The molecule has 0 radical (unpaired) electrons. The van der Waals surface area contributed by atoms with Crippen LogP contribution in [0.4, 0.5) is 10.5 Å². The summed E-state index contributed by atoms with van der Waals surface area (Å²) in [6.07, 6.45) is 0.775. The molecule has 1 amide bonds. The van der Waals surface area contributed by atoms with Gasteiger partial charge in [0.15, 0.2) is 0 Å². The van der Waals surface area contributed by atoms with Crippen LogP contribution in [0.2, 0.25) is 5.02 Å². The fourth-order valence-corrected chi connectivity index (χ4v) is 2.20. The van der Waals surface area contributed by atoms with E-state index in [1.54, 1.807) is 6.92 Å². The van der Waals surface area contributed by atoms with Crippen LogP contribution in [0.5, 0.6) is 0 Å². The molecular formula is C16H21ClN2O6. The summed E-state index contributed by atoms with van der Waals surface area (Å²) in [5, 5.41) is 11.4. The third-order valence-corrected chi connectivity index (χ3v) is 3.44. The van der Waals surface area contributed by atoms with Crippen molar-refractivity contribution in [2.75, 3.05) is 19.8 Å². The fourth-order valence-electron chi connectivity index (χ4n) is 2.01. The van der Waals surface area contributed by atoms with Gasteiger partial charge >= 0.3 is 12.1 Å². The van der Waals surface area contributed by atoms with Crippen LogP contribution in [0, 0.1) is 10.1 Å². The van der Waals surface area contributed by atoms with E-state index in [0.717, 1.165) is 11.3 Å². The summed E-state index contributed by atoms with van der Waals surface area (Å²) < 4.78 is 9.94. The molecular weight excluding hydrogens is 352 g/mol. The number of nitrogens with zero attached hydrogens (tertiary/aromatic N) is 2. The molecule has 0 fully saturated rings. The van der Waals surface area contributed by atoms with E-state index in [1.165, 1.54) is 18.2 Å². The molecule has 0 aliphatic heterocycles. The summed E-state index contributed by atoms with van der Waals surface area (Å²) in [6, 6.07) is 4.03. The van der Waals surface area contributed by atoms with E-state index in [9.17, 15) is 19.7 Å². The average molecular weight is 373 g/mol. The maximum absolute atomic E-state index is 12.2. The Morgan fingerprint density at radius 3 is 2.60 bits per heavy atom. The molecule has 9 heteroatoms. The predicted molar refractivity (Wildman–Crippen MR) is 91.4 cm³/mol. The van der Waals surface area contributed by atoms with E-state index < -0.39 is 17.0 Å². The van der Waals surface area contributed by atoms with Gasteiger partial charge in [-0.1, -0.05) is 24.9 Å². The van der Waals surface area contributed by atoms with Gasteiger partial charge in [-0.3, -0.25) is 19.8 Å². The minimum absolute atomic E-state index is 0.162. The van der Waals surface area contributed by atoms with Gasteiger partial charge < -0.3 is 9.47 Å². The van der Waals surface area contributed by atoms with Gasteiger partial charge in [0.05, 0.1) is 30.2 Å². The molecule has 25 heavy (non-hydrogen) atoms. The third kappa shape index (κ3) is 6.96. The first-order valence-electron chi connectivity index (χ1n) is 7.89. The Kier molecular flexibility index (Phi) is 8.69. The minimum Gasteiger partial charge on any atom is -0.465 e. The van der Waals surface area contributed by atoms with Crippen LogP contribution in [-0.2, 0) is 20.8 Å². The van der Waals surface area contributed by atoms with Crippen LogP contribution >= 0.6 is 11.6 Å². The molecule has 1 aromatic rings. The first kappa shape index (κ1) is 20.7. The number of halogens is 1. The Balaban J connectivity index is 2.99. The predicted octanol–water partition coefficient (Wildman–Crippen LogP) is 3.55. The van der Waals surface area contributed by atoms with Gasteiger partial charge in [0.25, 0.3) is 5.69 Å². The standard InChI is InChI=1S/C16H21ClN2O6/c1-3-5-8-25-16(21)18(11-15(20)24-4-2)10-12-9-13(17)6-7-14(12)19(22)23/h6-7,9H,3-5,8,10-11H2,1-2H3. The number of nitro benzene ring substituents is 1. The van der Waals surface area contributed by atoms with Crippen LogP contribution in [0.15, 0.2) is 18.2 Å². The van der Waals surface area contributed by atoms with Crippen molar-refractivity contribution in [3.8, 4) is 0 Å². The number of unbranched alkanes of at least 4 members (excludes halogenated alkanes) is 1. The fraction of sp³-hybridized carbons (Fsp3) is 0.500. The Morgan fingerprint density at radius 1 is 1.28 bits per heavy atom. The van der Waals surface area contributed by atoms with Crippen LogP contribution in [0.3, 0.4) is 0 Å². The van der Waals surface area contributed by atoms with Gasteiger partial charge in [-0.2, -0.15) is 0 Å². The lowest BCUT2D eigenvalue weighted by molar-refractivity contribution is -0.385. The van der Waals surface area contributed by atoms with E-state index in [0.29, 0.717) is 6.42 Å². The number of hydrogen-bond donors (Lipinski definition) is 0. The minimum atomic E-state index is -0.740. The quantitative estimate of drug-likeness (QED) is 0.284. The van der Waals surface area contributed by atoms with E-state index in [4.69, 9.17) is 21.1 Å². The van der Waals surface area contributed by atoms with Gasteiger partial charge in [-0.05, 0) is 25.5 Å². The number of ether oxygens (including phenoxy) is 2. The molecule has 0 unspecified atom stereocenters. The smallest absolute Gasteiger partial charge is 0.410 e. The monoisotopic (exact) mass is 372 g/mol. The van der Waals surface area contributed by atoms with Crippen molar-refractivity contribution in [3.05, 3.63) is 38.9 Å². The Morgan fingerprint density at radius 2 is 2.00 bits per heavy atom. The van der Waals surface area contributed by atoms with E-state index in [-0.39, 0.29) is 42.6 Å². The van der Waals surface area contributed by atoms with Crippen molar-refractivity contribution >= 4 is 29.4 Å². The molecule has 0 N–H and O–H groups in total. The lowest BCUT2D eigenvalue weighted by atomic mass is 10.1. The first-order valence-corrected chi connectivity index (χ1v) is 8.26. The summed E-state index contributed by atoms with van der Waals surface area (Å²) in [7, 11) is 0. The lowest BCUT2D eigenvalue weighted by Gasteiger charge is -2.21. The Hall–Kier alpha value is -2.35. The zero-order valence-corrected chi connectivity index (χ0v) is 15.0. The lowest BCUT2D eigenvalue weighted by Crippen LogP contribution is -2.36. The molecule has 8 nitrogen and oxygen atoms in total. The largest absolute Gasteiger partial charge is 0.465 e. The second kappa shape index (κ2) is 10.5. The van der Waals surface area contributed by atoms with Crippen molar-refractivity contribution in [1.29, 1.82) is 0 Å². The van der Waals surface area contributed by atoms with Gasteiger partial charge in [-0.25, -0.2) is 4.79 Å². The Bertz CT molecular complexity index is 623. The van der Waals surface area contributed by atoms with Crippen molar-refractivity contribution in [3.63, 3.8) is 0 Å². The molecule has 0 saturated carbocycles. The van der Waals surface area contributed by atoms with Crippen molar-refractivity contribution in [2.45, 2.75) is 33.2 Å². The summed E-state index contributed by atoms with van der Waals surface area (Å²) in [5.41, 5.74) is 0.00820. The Labute approximate surface area is 150 Å². The molecule has 0 aliphatic rings. The van der Waals surface area contributed by atoms with Crippen LogP contribution in [-0.4, -0.2) is 41.6 Å². The summed E-state index contributed by atoms with van der Waals surface area (Å²) >= 11 is 5.89.